The summed E-state index contributed by atoms with van der Waals surface area (Å²) >= 11 is 0. The van der Waals surface area contributed by atoms with Crippen molar-refractivity contribution >= 4 is 17.7 Å². The molecule has 2 N–H and O–H groups in total. The van der Waals surface area contributed by atoms with Crippen molar-refractivity contribution in [1.29, 1.82) is 0 Å². The summed E-state index contributed by atoms with van der Waals surface area (Å²) in [6.45, 7) is 1.22. The second-order valence-electron chi connectivity index (χ2n) is 3.28. The summed E-state index contributed by atoms with van der Waals surface area (Å²) in [6, 6.07) is -1.13. The predicted molar refractivity (Wildman–Crippen MR) is 58.1 cm³/mol. The molecule has 0 rings (SSSR count). The molecule has 0 saturated carbocycles. The van der Waals surface area contributed by atoms with E-state index in [1.165, 1.54) is 0 Å². The Balaban J connectivity index is 4.24. The van der Waals surface area contributed by atoms with Gasteiger partial charge in [-0.3, -0.25) is 9.59 Å². The van der Waals surface area contributed by atoms with Gasteiger partial charge in [-0.05, 0) is 12.0 Å². The van der Waals surface area contributed by atoms with Gasteiger partial charge in [0.05, 0.1) is 0 Å². The molecule has 0 bridgehead atoms. The third kappa shape index (κ3) is 6.91. The van der Waals surface area contributed by atoms with Crippen molar-refractivity contribution < 1.29 is 19.5 Å². The first-order valence-electron chi connectivity index (χ1n) is 5.06. The van der Waals surface area contributed by atoms with E-state index in [0.717, 1.165) is 0 Å². The van der Waals surface area contributed by atoms with Gasteiger partial charge in [-0.2, -0.15) is 0 Å². The van der Waals surface area contributed by atoms with E-state index >= 15 is 0 Å². The first kappa shape index (κ1) is 14.9. The second kappa shape index (κ2) is 8.12. The van der Waals surface area contributed by atoms with Crippen LogP contribution in [0.25, 0.3) is 10.4 Å². The highest BCUT2D eigenvalue weighted by Crippen LogP contribution is 2.01. The first-order chi connectivity index (χ1) is 8.01. The topological polar surface area (TPSA) is 132 Å². The third-order valence-corrected chi connectivity index (χ3v) is 2.02. The van der Waals surface area contributed by atoms with Crippen LogP contribution in [0.5, 0.6) is 0 Å². The van der Waals surface area contributed by atoms with Gasteiger partial charge in [0.25, 0.3) is 0 Å². The number of carbonyl (C=O) groups is 3. The van der Waals surface area contributed by atoms with Crippen LogP contribution in [-0.4, -0.2) is 35.4 Å². The van der Waals surface area contributed by atoms with E-state index in [1.54, 1.807) is 6.92 Å². The number of hydrogen-bond donors (Lipinski definition) is 2. The molecule has 17 heavy (non-hydrogen) atoms. The van der Waals surface area contributed by atoms with Crippen LogP contribution < -0.4 is 5.32 Å². The average Bonchev–Trinajstić information content (AvgIpc) is 2.30. The molecule has 0 aromatic heterocycles. The number of ketones is 1. The van der Waals surface area contributed by atoms with Crippen LogP contribution >= 0.6 is 0 Å². The molecule has 0 radical (unpaired) electrons. The molecule has 0 spiro atoms. The van der Waals surface area contributed by atoms with Crippen molar-refractivity contribution in [2.45, 2.75) is 32.2 Å². The van der Waals surface area contributed by atoms with Gasteiger partial charge in [-0.25, -0.2) is 4.79 Å². The quantitative estimate of drug-likeness (QED) is 0.366. The van der Waals surface area contributed by atoms with Crippen molar-refractivity contribution in [3.05, 3.63) is 10.4 Å². The number of hydrogen-bond acceptors (Lipinski definition) is 4. The monoisotopic (exact) mass is 242 g/mol. The number of carbonyl (C=O) groups excluding carboxylic acids is 2. The van der Waals surface area contributed by atoms with Gasteiger partial charge < -0.3 is 10.4 Å². The first-order valence-corrected chi connectivity index (χ1v) is 5.06. The smallest absolute Gasteiger partial charge is 0.326 e. The van der Waals surface area contributed by atoms with Crippen molar-refractivity contribution in [2.75, 3.05) is 6.54 Å². The highest BCUT2D eigenvalue weighted by atomic mass is 16.4. The fourth-order valence-electron chi connectivity index (χ4n) is 1.08. The van der Waals surface area contributed by atoms with Gasteiger partial charge in [-0.15, -0.1) is 0 Å². The zero-order valence-corrected chi connectivity index (χ0v) is 9.42. The fourth-order valence-corrected chi connectivity index (χ4v) is 1.08. The minimum absolute atomic E-state index is 0.0318. The van der Waals surface area contributed by atoms with Crippen LogP contribution in [0.15, 0.2) is 5.11 Å². The molecular formula is C9H14N4O4. The maximum absolute atomic E-state index is 11.1. The Morgan fingerprint density at radius 1 is 1.47 bits per heavy atom. The summed E-state index contributed by atoms with van der Waals surface area (Å²) < 4.78 is 0. The van der Waals surface area contributed by atoms with E-state index in [2.05, 4.69) is 15.3 Å². The number of carboxylic acids is 1. The molecule has 0 aliphatic heterocycles. The minimum Gasteiger partial charge on any atom is -0.480 e. The normalized spacial score (nSPS) is 11.1. The highest BCUT2D eigenvalue weighted by molar-refractivity contribution is 5.85. The molecule has 0 aromatic carbocycles. The lowest BCUT2D eigenvalue weighted by Crippen LogP contribution is -2.42. The minimum atomic E-state index is -1.22. The van der Waals surface area contributed by atoms with Gasteiger partial charge in [0.15, 0.2) is 0 Å². The van der Waals surface area contributed by atoms with Crippen LogP contribution in [-0.2, 0) is 14.4 Å². The molecule has 0 saturated heterocycles. The Morgan fingerprint density at radius 3 is 2.59 bits per heavy atom. The van der Waals surface area contributed by atoms with Gasteiger partial charge in [0.2, 0.25) is 5.91 Å². The van der Waals surface area contributed by atoms with Crippen molar-refractivity contribution in [1.82, 2.24) is 5.32 Å². The average molecular weight is 242 g/mol. The zero-order valence-electron chi connectivity index (χ0n) is 9.42. The molecule has 1 amide bonds. The molecule has 8 heteroatoms. The molecule has 1 unspecified atom stereocenters. The van der Waals surface area contributed by atoms with Crippen LogP contribution in [0.1, 0.15) is 26.2 Å². The number of aliphatic carboxylic acids is 1. The lowest BCUT2D eigenvalue weighted by molar-refractivity contribution is -0.141. The molecule has 0 aromatic rings. The summed E-state index contributed by atoms with van der Waals surface area (Å²) in [5.74, 6) is -1.97. The Hall–Kier alpha value is -2.08. The van der Waals surface area contributed by atoms with E-state index in [4.69, 9.17) is 10.6 Å². The Labute approximate surface area is 97.6 Å². The van der Waals surface area contributed by atoms with Gasteiger partial charge in [-0.1, -0.05) is 12.0 Å². The van der Waals surface area contributed by atoms with Crippen LogP contribution in [0, 0.1) is 0 Å². The summed E-state index contributed by atoms with van der Waals surface area (Å²) in [6.07, 6.45) is 0.457. The third-order valence-electron chi connectivity index (χ3n) is 2.02. The molecule has 0 fully saturated rings. The maximum Gasteiger partial charge on any atom is 0.326 e. The molecule has 1 atom stereocenters. The van der Waals surface area contributed by atoms with E-state index in [-0.39, 0.29) is 18.6 Å². The number of azide groups is 1. The number of carboxylic acid groups (broad SMARTS) is 1. The fraction of sp³-hybridized carbons (Fsp3) is 0.667. The summed E-state index contributed by atoms with van der Waals surface area (Å²) in [7, 11) is 0. The Kier molecular flexibility index (Phi) is 7.12. The van der Waals surface area contributed by atoms with Crippen LogP contribution in [0.4, 0.5) is 0 Å². The molecule has 0 heterocycles. The molecule has 94 valence electrons. The number of nitrogens with zero attached hydrogens (tertiary/aromatic N) is 3. The van der Waals surface area contributed by atoms with Gasteiger partial charge in [0, 0.05) is 17.8 Å². The number of nitrogens with one attached hydrogen (secondary N) is 1. The SMILES string of the molecule is CCC(=O)CCC(NC(=O)CN=[N+]=[N-])C(=O)O. The molecular weight excluding hydrogens is 228 g/mol. The van der Waals surface area contributed by atoms with E-state index in [0.29, 0.717) is 6.42 Å². The lowest BCUT2D eigenvalue weighted by atomic mass is 10.1. The van der Waals surface area contributed by atoms with Crippen molar-refractivity contribution in [2.24, 2.45) is 5.11 Å². The van der Waals surface area contributed by atoms with Crippen LogP contribution in [0.3, 0.4) is 0 Å². The highest BCUT2D eigenvalue weighted by Gasteiger charge is 2.20. The van der Waals surface area contributed by atoms with Crippen molar-refractivity contribution in [3.8, 4) is 0 Å². The summed E-state index contributed by atoms with van der Waals surface area (Å²) in [5.41, 5.74) is 7.98. The molecule has 0 aliphatic rings. The standard InChI is InChI=1S/C9H14N4O4/c1-2-6(14)3-4-7(9(16)17)12-8(15)5-11-13-10/h7H,2-5H2,1H3,(H,12,15)(H,16,17). The van der Waals surface area contributed by atoms with Crippen LogP contribution in [0.2, 0.25) is 0 Å². The number of Topliss-reactive ketones (excluding diaryl/α,β-unsaturated/α-hetero) is 1. The zero-order chi connectivity index (χ0) is 13.3. The Bertz CT molecular complexity index is 349. The molecule has 0 aliphatic carbocycles. The van der Waals surface area contributed by atoms with E-state index < -0.39 is 24.5 Å². The van der Waals surface area contributed by atoms with E-state index in [1.807, 2.05) is 0 Å². The number of amides is 1. The van der Waals surface area contributed by atoms with Gasteiger partial charge >= 0.3 is 5.97 Å². The maximum atomic E-state index is 11.1. The van der Waals surface area contributed by atoms with E-state index in [9.17, 15) is 14.4 Å². The molecule has 8 nitrogen and oxygen atoms in total. The predicted octanol–water partition coefficient (Wildman–Crippen LogP) is 0.625. The van der Waals surface area contributed by atoms with Gasteiger partial charge in [0.1, 0.15) is 18.4 Å². The second-order valence-corrected chi connectivity index (χ2v) is 3.28. The Morgan fingerprint density at radius 2 is 2.12 bits per heavy atom. The lowest BCUT2D eigenvalue weighted by Gasteiger charge is -2.12. The summed E-state index contributed by atoms with van der Waals surface area (Å²) in [5, 5.41) is 14.0. The largest absolute Gasteiger partial charge is 0.480 e. The van der Waals surface area contributed by atoms with Crippen molar-refractivity contribution in [3.63, 3.8) is 0 Å². The number of rotatable bonds is 8. The summed E-state index contributed by atoms with van der Waals surface area (Å²) in [4.78, 5) is 35.3.